The Kier molecular flexibility index (Phi) is 4.30. The first-order chi connectivity index (χ1) is 7.56. The second kappa shape index (κ2) is 5.50. The highest BCUT2D eigenvalue weighted by atomic mass is 16.5. The summed E-state index contributed by atoms with van der Waals surface area (Å²) >= 11 is 0. The number of hydrogen-bond donors (Lipinski definition) is 2. The van der Waals surface area contributed by atoms with E-state index in [1.807, 2.05) is 20.9 Å². The van der Waals surface area contributed by atoms with E-state index >= 15 is 0 Å². The van der Waals surface area contributed by atoms with Crippen molar-refractivity contribution in [1.82, 2.24) is 15.1 Å². The number of carbonyl (C=O) groups excluding carboxylic acids is 1. The fourth-order valence-electron chi connectivity index (χ4n) is 1.35. The van der Waals surface area contributed by atoms with Crippen LogP contribution >= 0.6 is 0 Å². The van der Waals surface area contributed by atoms with E-state index in [1.54, 1.807) is 4.68 Å². The van der Waals surface area contributed by atoms with Gasteiger partial charge < -0.3 is 15.2 Å². The number of aryl methyl sites for hydroxylation is 2. The third-order valence-corrected chi connectivity index (χ3v) is 2.22. The molecule has 0 saturated heterocycles. The van der Waals surface area contributed by atoms with Crippen LogP contribution in [0.2, 0.25) is 0 Å². The van der Waals surface area contributed by atoms with Gasteiger partial charge in [-0.15, -0.1) is 0 Å². The molecule has 0 fully saturated rings. The Labute approximate surface area is 94.2 Å². The van der Waals surface area contributed by atoms with Gasteiger partial charge in [0.2, 0.25) is 0 Å². The Hall–Kier alpha value is -1.56. The van der Waals surface area contributed by atoms with Crippen LogP contribution in [0.5, 0.6) is 5.75 Å². The Morgan fingerprint density at radius 3 is 2.75 bits per heavy atom. The average Bonchev–Trinajstić information content (AvgIpc) is 2.48. The lowest BCUT2D eigenvalue weighted by Crippen LogP contribution is -2.31. The van der Waals surface area contributed by atoms with Crippen LogP contribution in [0.15, 0.2) is 0 Å². The number of amides is 1. The molecule has 1 aromatic rings. The minimum atomic E-state index is -0.253. The number of ether oxygens (including phenoxy) is 1. The first-order valence-electron chi connectivity index (χ1n) is 5.06. The summed E-state index contributed by atoms with van der Waals surface area (Å²) < 4.78 is 7.07. The molecule has 0 aliphatic heterocycles. The molecule has 0 aliphatic rings. The van der Waals surface area contributed by atoms with Crippen LogP contribution in [0, 0.1) is 13.8 Å². The number of rotatable bonds is 5. The van der Waals surface area contributed by atoms with Crippen LogP contribution in [0.25, 0.3) is 0 Å². The molecular weight excluding hydrogens is 210 g/mol. The summed E-state index contributed by atoms with van der Waals surface area (Å²) in [4.78, 5) is 11.2. The highest BCUT2D eigenvalue weighted by molar-refractivity contribution is 5.77. The third kappa shape index (κ3) is 2.96. The summed E-state index contributed by atoms with van der Waals surface area (Å²) in [6, 6.07) is 0. The Balaban J connectivity index is 2.51. The van der Waals surface area contributed by atoms with Gasteiger partial charge in [-0.25, -0.2) is 0 Å². The predicted octanol–water partition coefficient (Wildman–Crippen LogP) is -0.476. The average molecular weight is 227 g/mol. The lowest BCUT2D eigenvalue weighted by molar-refractivity contribution is -0.123. The number of aliphatic hydroxyl groups excluding tert-OH is 1. The van der Waals surface area contributed by atoms with E-state index in [1.165, 1.54) is 0 Å². The number of hydrogen-bond acceptors (Lipinski definition) is 4. The van der Waals surface area contributed by atoms with Crippen molar-refractivity contribution in [2.75, 3.05) is 19.8 Å². The zero-order chi connectivity index (χ0) is 12.1. The van der Waals surface area contributed by atoms with E-state index in [4.69, 9.17) is 9.84 Å². The molecule has 0 aromatic carbocycles. The fraction of sp³-hybridized carbons (Fsp3) is 0.600. The smallest absolute Gasteiger partial charge is 0.258 e. The summed E-state index contributed by atoms with van der Waals surface area (Å²) in [6.07, 6.45) is 0. The van der Waals surface area contributed by atoms with Gasteiger partial charge in [0, 0.05) is 13.6 Å². The summed E-state index contributed by atoms with van der Waals surface area (Å²) in [5, 5.41) is 15.2. The van der Waals surface area contributed by atoms with Crippen molar-refractivity contribution in [3.63, 3.8) is 0 Å². The van der Waals surface area contributed by atoms with E-state index in [-0.39, 0.29) is 25.7 Å². The van der Waals surface area contributed by atoms with Gasteiger partial charge in [-0.2, -0.15) is 5.10 Å². The Morgan fingerprint density at radius 1 is 1.56 bits per heavy atom. The first kappa shape index (κ1) is 12.5. The molecule has 1 amide bonds. The van der Waals surface area contributed by atoms with Crippen LogP contribution in [0.3, 0.4) is 0 Å². The molecule has 1 rings (SSSR count). The van der Waals surface area contributed by atoms with E-state index in [9.17, 15) is 4.79 Å². The van der Waals surface area contributed by atoms with Crippen LogP contribution < -0.4 is 10.1 Å². The van der Waals surface area contributed by atoms with Crippen molar-refractivity contribution in [1.29, 1.82) is 0 Å². The van der Waals surface area contributed by atoms with Crippen LogP contribution in [-0.4, -0.2) is 40.6 Å². The SMILES string of the molecule is Cc1nn(C)c(C)c1OCC(=O)NCCO. The zero-order valence-corrected chi connectivity index (χ0v) is 9.78. The summed E-state index contributed by atoms with van der Waals surface area (Å²) in [5.41, 5.74) is 1.64. The molecule has 1 heterocycles. The molecule has 0 aliphatic carbocycles. The molecule has 0 bridgehead atoms. The monoisotopic (exact) mass is 227 g/mol. The molecule has 0 spiro atoms. The summed E-state index contributed by atoms with van der Waals surface area (Å²) in [5.74, 6) is 0.387. The quantitative estimate of drug-likeness (QED) is 0.712. The van der Waals surface area contributed by atoms with E-state index < -0.39 is 0 Å². The van der Waals surface area contributed by atoms with Crippen LogP contribution in [-0.2, 0) is 11.8 Å². The van der Waals surface area contributed by atoms with Gasteiger partial charge in [0.15, 0.2) is 12.4 Å². The maximum atomic E-state index is 11.2. The first-order valence-corrected chi connectivity index (χ1v) is 5.06. The van der Waals surface area contributed by atoms with Crippen molar-refractivity contribution in [2.24, 2.45) is 7.05 Å². The fourth-order valence-corrected chi connectivity index (χ4v) is 1.35. The molecule has 0 atom stereocenters. The molecule has 90 valence electrons. The zero-order valence-electron chi connectivity index (χ0n) is 9.78. The maximum absolute atomic E-state index is 11.2. The Morgan fingerprint density at radius 2 is 2.25 bits per heavy atom. The summed E-state index contributed by atoms with van der Waals surface area (Å²) in [6.45, 7) is 3.81. The number of nitrogens with one attached hydrogen (secondary N) is 1. The minimum Gasteiger partial charge on any atom is -0.480 e. The maximum Gasteiger partial charge on any atom is 0.258 e. The van der Waals surface area contributed by atoms with Crippen molar-refractivity contribution in [2.45, 2.75) is 13.8 Å². The molecule has 6 heteroatoms. The normalized spacial score (nSPS) is 10.2. The van der Waals surface area contributed by atoms with Crippen molar-refractivity contribution < 1.29 is 14.6 Å². The second-order valence-corrected chi connectivity index (χ2v) is 3.49. The topological polar surface area (TPSA) is 76.4 Å². The Bertz CT molecular complexity index is 374. The van der Waals surface area contributed by atoms with Gasteiger partial charge in [-0.3, -0.25) is 9.48 Å². The van der Waals surface area contributed by atoms with E-state index in [0.29, 0.717) is 5.75 Å². The van der Waals surface area contributed by atoms with Gasteiger partial charge in [-0.1, -0.05) is 0 Å². The van der Waals surface area contributed by atoms with Crippen molar-refractivity contribution in [3.05, 3.63) is 11.4 Å². The lowest BCUT2D eigenvalue weighted by Gasteiger charge is -2.06. The molecule has 0 radical (unpaired) electrons. The van der Waals surface area contributed by atoms with Gasteiger partial charge in [-0.05, 0) is 13.8 Å². The molecule has 16 heavy (non-hydrogen) atoms. The predicted molar refractivity (Wildman–Crippen MR) is 58.3 cm³/mol. The summed E-state index contributed by atoms with van der Waals surface area (Å²) in [7, 11) is 1.82. The van der Waals surface area contributed by atoms with Gasteiger partial charge >= 0.3 is 0 Å². The van der Waals surface area contributed by atoms with Crippen molar-refractivity contribution >= 4 is 5.91 Å². The number of aliphatic hydroxyl groups is 1. The number of carbonyl (C=O) groups is 1. The lowest BCUT2D eigenvalue weighted by atomic mass is 10.3. The van der Waals surface area contributed by atoms with Crippen LogP contribution in [0.4, 0.5) is 0 Å². The third-order valence-electron chi connectivity index (χ3n) is 2.22. The molecule has 0 saturated carbocycles. The molecular formula is C10H17N3O3. The molecule has 6 nitrogen and oxygen atoms in total. The molecule has 0 unspecified atom stereocenters. The second-order valence-electron chi connectivity index (χ2n) is 3.49. The van der Waals surface area contributed by atoms with Gasteiger partial charge in [0.25, 0.3) is 5.91 Å². The van der Waals surface area contributed by atoms with E-state index in [0.717, 1.165) is 11.4 Å². The van der Waals surface area contributed by atoms with Gasteiger partial charge in [0.05, 0.1) is 12.3 Å². The number of nitrogens with zero attached hydrogens (tertiary/aromatic N) is 2. The molecule has 2 N–H and O–H groups in total. The highest BCUT2D eigenvalue weighted by Gasteiger charge is 2.11. The number of aromatic nitrogens is 2. The molecule has 1 aromatic heterocycles. The minimum absolute atomic E-state index is 0.0621. The standard InChI is InChI=1S/C10H17N3O3/c1-7-10(8(2)13(3)12-7)16-6-9(15)11-4-5-14/h14H,4-6H2,1-3H3,(H,11,15). The van der Waals surface area contributed by atoms with Gasteiger partial charge in [0.1, 0.15) is 5.69 Å². The highest BCUT2D eigenvalue weighted by Crippen LogP contribution is 2.20. The van der Waals surface area contributed by atoms with Crippen molar-refractivity contribution in [3.8, 4) is 5.75 Å². The van der Waals surface area contributed by atoms with Crippen LogP contribution in [0.1, 0.15) is 11.4 Å². The van der Waals surface area contributed by atoms with E-state index in [2.05, 4.69) is 10.4 Å². The largest absolute Gasteiger partial charge is 0.480 e.